The normalized spacial score (nSPS) is 14.2. The molecule has 1 atom stereocenters. The van der Waals surface area contributed by atoms with Gasteiger partial charge in [0, 0.05) is 11.0 Å². The highest BCUT2D eigenvalue weighted by Gasteiger charge is 2.29. The third kappa shape index (κ3) is 2.13. The van der Waals surface area contributed by atoms with E-state index in [1.165, 1.54) is 5.56 Å². The zero-order valence-corrected chi connectivity index (χ0v) is 11.3. The molecule has 2 aromatic carbocycles. The van der Waals surface area contributed by atoms with E-state index in [4.69, 9.17) is 0 Å². The molecule has 1 heteroatoms. The van der Waals surface area contributed by atoms with Gasteiger partial charge in [0.15, 0.2) is 0 Å². The van der Waals surface area contributed by atoms with Gasteiger partial charge in [0.25, 0.3) is 0 Å². The molecule has 0 radical (unpaired) electrons. The van der Waals surface area contributed by atoms with Crippen LogP contribution in [0.5, 0.6) is 5.75 Å². The number of phenols is 1. The zero-order valence-electron chi connectivity index (χ0n) is 11.3. The smallest absolute Gasteiger partial charge is 0.119 e. The summed E-state index contributed by atoms with van der Waals surface area (Å²) in [6.45, 7) is 6.34. The van der Waals surface area contributed by atoms with Gasteiger partial charge in [0.05, 0.1) is 0 Å². The number of hydrogen-bond acceptors (Lipinski definition) is 1. The summed E-state index contributed by atoms with van der Waals surface area (Å²) in [4.78, 5) is 0. The van der Waals surface area contributed by atoms with Crippen LogP contribution in [-0.4, -0.2) is 5.11 Å². The van der Waals surface area contributed by atoms with E-state index in [9.17, 15) is 5.11 Å². The molecular formula is C17H20O. The molecule has 0 aliphatic rings. The Morgan fingerprint density at radius 1 is 1.06 bits per heavy atom. The lowest BCUT2D eigenvalue weighted by Crippen LogP contribution is -2.22. The maximum absolute atomic E-state index is 10.2. The maximum atomic E-state index is 10.2. The molecule has 0 spiro atoms. The molecule has 0 aliphatic carbocycles. The van der Waals surface area contributed by atoms with Crippen LogP contribution in [0.3, 0.4) is 0 Å². The first-order valence-corrected chi connectivity index (χ1v) is 6.43. The highest BCUT2D eigenvalue weighted by molar-refractivity contribution is 5.47. The Hall–Kier alpha value is -1.76. The third-order valence-electron chi connectivity index (χ3n) is 3.87. The standard InChI is InChI=1S/C17H20O/c1-4-17(3,14-8-6-5-7-9-14)15-11-10-13(2)12-16(15)18/h5-12,18H,4H2,1-3H3. The molecule has 1 nitrogen and oxygen atoms in total. The second-order valence-corrected chi connectivity index (χ2v) is 5.07. The van der Waals surface area contributed by atoms with Crippen molar-refractivity contribution in [1.82, 2.24) is 0 Å². The largest absolute Gasteiger partial charge is 0.508 e. The van der Waals surface area contributed by atoms with E-state index in [1.54, 1.807) is 0 Å². The van der Waals surface area contributed by atoms with E-state index in [-0.39, 0.29) is 5.41 Å². The molecule has 0 saturated carbocycles. The van der Waals surface area contributed by atoms with Gasteiger partial charge in [0.2, 0.25) is 0 Å². The first-order valence-electron chi connectivity index (χ1n) is 6.43. The maximum Gasteiger partial charge on any atom is 0.119 e. The number of hydrogen-bond donors (Lipinski definition) is 1. The second kappa shape index (κ2) is 4.85. The fourth-order valence-corrected chi connectivity index (χ4v) is 2.46. The average molecular weight is 240 g/mol. The Morgan fingerprint density at radius 2 is 1.72 bits per heavy atom. The molecule has 0 fully saturated rings. The zero-order chi connectivity index (χ0) is 13.2. The Bertz CT molecular complexity index is 531. The van der Waals surface area contributed by atoms with Gasteiger partial charge in [0.1, 0.15) is 5.75 Å². The number of phenolic OH excluding ortho intramolecular Hbond substituents is 1. The molecule has 0 saturated heterocycles. The van der Waals surface area contributed by atoms with Crippen LogP contribution in [0, 0.1) is 6.92 Å². The molecule has 2 rings (SSSR count). The topological polar surface area (TPSA) is 20.2 Å². The SMILES string of the molecule is CCC(C)(c1ccccc1)c1ccc(C)cc1O. The first kappa shape index (κ1) is 12.7. The van der Waals surface area contributed by atoms with Crippen LogP contribution in [0.2, 0.25) is 0 Å². The molecule has 1 unspecified atom stereocenters. The number of aryl methyl sites for hydroxylation is 1. The summed E-state index contributed by atoms with van der Waals surface area (Å²) in [5.41, 5.74) is 3.19. The molecular weight excluding hydrogens is 220 g/mol. The molecule has 0 bridgehead atoms. The lowest BCUT2D eigenvalue weighted by Gasteiger charge is -2.30. The van der Waals surface area contributed by atoms with E-state index >= 15 is 0 Å². The minimum atomic E-state index is -0.140. The van der Waals surface area contributed by atoms with Crippen LogP contribution in [0.1, 0.15) is 37.0 Å². The summed E-state index contributed by atoms with van der Waals surface area (Å²) in [6, 6.07) is 16.3. The molecule has 1 N–H and O–H groups in total. The lowest BCUT2D eigenvalue weighted by molar-refractivity contribution is 0.441. The number of rotatable bonds is 3. The summed E-state index contributed by atoms with van der Waals surface area (Å²) in [7, 11) is 0. The highest BCUT2D eigenvalue weighted by Crippen LogP contribution is 2.39. The predicted molar refractivity (Wildman–Crippen MR) is 76.0 cm³/mol. The van der Waals surface area contributed by atoms with E-state index in [0.717, 1.165) is 17.5 Å². The average Bonchev–Trinajstić information content (AvgIpc) is 2.39. The summed E-state index contributed by atoms with van der Waals surface area (Å²) in [5, 5.41) is 10.2. The van der Waals surface area contributed by atoms with Crippen LogP contribution in [0.4, 0.5) is 0 Å². The Balaban J connectivity index is 2.57. The van der Waals surface area contributed by atoms with Gasteiger partial charge in [-0.05, 0) is 30.5 Å². The van der Waals surface area contributed by atoms with Gasteiger partial charge < -0.3 is 5.11 Å². The van der Waals surface area contributed by atoms with E-state index in [1.807, 2.05) is 25.1 Å². The number of aromatic hydroxyl groups is 1. The van der Waals surface area contributed by atoms with Gasteiger partial charge >= 0.3 is 0 Å². The third-order valence-corrected chi connectivity index (χ3v) is 3.87. The van der Waals surface area contributed by atoms with Crippen LogP contribution >= 0.6 is 0 Å². The molecule has 94 valence electrons. The fraction of sp³-hybridized carbons (Fsp3) is 0.294. The lowest BCUT2D eigenvalue weighted by atomic mass is 9.74. The van der Waals surface area contributed by atoms with Crippen molar-refractivity contribution < 1.29 is 5.11 Å². The number of benzene rings is 2. The van der Waals surface area contributed by atoms with E-state index < -0.39 is 0 Å². The van der Waals surface area contributed by atoms with Gasteiger partial charge in [-0.15, -0.1) is 0 Å². The Labute approximate surface area is 109 Å². The summed E-state index contributed by atoms with van der Waals surface area (Å²) < 4.78 is 0. The second-order valence-electron chi connectivity index (χ2n) is 5.07. The molecule has 2 aromatic rings. The highest BCUT2D eigenvalue weighted by atomic mass is 16.3. The predicted octanol–water partition coefficient (Wildman–Crippen LogP) is 4.42. The van der Waals surface area contributed by atoms with Crippen molar-refractivity contribution in [3.05, 3.63) is 65.2 Å². The minimum Gasteiger partial charge on any atom is -0.508 e. The first-order chi connectivity index (χ1) is 8.58. The van der Waals surface area contributed by atoms with Crippen molar-refractivity contribution >= 4 is 0 Å². The van der Waals surface area contributed by atoms with E-state index in [0.29, 0.717) is 5.75 Å². The van der Waals surface area contributed by atoms with Crippen molar-refractivity contribution in [2.45, 2.75) is 32.6 Å². The molecule has 0 amide bonds. The minimum absolute atomic E-state index is 0.140. The summed E-state index contributed by atoms with van der Waals surface area (Å²) in [6.07, 6.45) is 0.952. The van der Waals surface area contributed by atoms with Crippen LogP contribution in [-0.2, 0) is 5.41 Å². The van der Waals surface area contributed by atoms with Crippen molar-refractivity contribution in [2.75, 3.05) is 0 Å². The summed E-state index contributed by atoms with van der Waals surface area (Å²) >= 11 is 0. The Morgan fingerprint density at radius 3 is 2.28 bits per heavy atom. The van der Waals surface area contributed by atoms with Crippen molar-refractivity contribution in [3.8, 4) is 5.75 Å². The van der Waals surface area contributed by atoms with Crippen molar-refractivity contribution in [3.63, 3.8) is 0 Å². The van der Waals surface area contributed by atoms with Crippen LogP contribution in [0.15, 0.2) is 48.5 Å². The van der Waals surface area contributed by atoms with Crippen molar-refractivity contribution in [1.29, 1.82) is 0 Å². The molecule has 18 heavy (non-hydrogen) atoms. The molecule has 0 heterocycles. The van der Waals surface area contributed by atoms with Gasteiger partial charge in [-0.2, -0.15) is 0 Å². The van der Waals surface area contributed by atoms with Gasteiger partial charge in [-0.3, -0.25) is 0 Å². The fourth-order valence-electron chi connectivity index (χ4n) is 2.46. The Kier molecular flexibility index (Phi) is 3.42. The monoisotopic (exact) mass is 240 g/mol. The quantitative estimate of drug-likeness (QED) is 0.842. The molecule has 0 aromatic heterocycles. The van der Waals surface area contributed by atoms with Crippen LogP contribution < -0.4 is 0 Å². The van der Waals surface area contributed by atoms with Gasteiger partial charge in [-0.1, -0.05) is 56.3 Å². The molecule has 0 aliphatic heterocycles. The van der Waals surface area contributed by atoms with Crippen LogP contribution in [0.25, 0.3) is 0 Å². The van der Waals surface area contributed by atoms with Crippen molar-refractivity contribution in [2.24, 2.45) is 0 Å². The van der Waals surface area contributed by atoms with E-state index in [2.05, 4.69) is 44.2 Å². The summed E-state index contributed by atoms with van der Waals surface area (Å²) in [5.74, 6) is 0.392. The van der Waals surface area contributed by atoms with Gasteiger partial charge in [-0.25, -0.2) is 0 Å².